The van der Waals surface area contributed by atoms with Crippen LogP contribution < -0.4 is 0 Å². The van der Waals surface area contributed by atoms with Gasteiger partial charge in [-0.05, 0) is 49.4 Å². The van der Waals surface area contributed by atoms with Crippen LogP contribution in [0.1, 0.15) is 396 Å². The first kappa shape index (κ1) is 95.1. The molecule has 0 aliphatic heterocycles. The minimum absolute atomic E-state index is 0.106. The molecule has 0 aromatic heterocycles. The zero-order valence-electron chi connectivity index (χ0n) is 63.7. The molecule has 0 saturated carbocycles. The summed E-state index contributed by atoms with van der Waals surface area (Å²) < 4.78 is 68.6. The zero-order chi connectivity index (χ0) is 71.7. The predicted octanol–water partition coefficient (Wildman–Crippen LogP) is 22.8. The van der Waals surface area contributed by atoms with E-state index in [-0.39, 0.29) is 25.7 Å². The first-order valence-electron chi connectivity index (χ1n) is 40.2. The maximum atomic E-state index is 13.1. The van der Waals surface area contributed by atoms with Crippen LogP contribution in [0.25, 0.3) is 0 Å². The van der Waals surface area contributed by atoms with Crippen molar-refractivity contribution in [2.45, 2.75) is 414 Å². The van der Waals surface area contributed by atoms with Gasteiger partial charge in [0.25, 0.3) is 0 Å². The van der Waals surface area contributed by atoms with Crippen LogP contribution in [0.5, 0.6) is 0 Å². The van der Waals surface area contributed by atoms with Gasteiger partial charge in [0.1, 0.15) is 19.3 Å². The van der Waals surface area contributed by atoms with E-state index in [9.17, 15) is 43.2 Å². The van der Waals surface area contributed by atoms with Crippen molar-refractivity contribution in [3.8, 4) is 0 Å². The van der Waals surface area contributed by atoms with Crippen molar-refractivity contribution in [3.05, 3.63) is 0 Å². The second-order valence-corrected chi connectivity index (χ2v) is 32.9. The quantitative estimate of drug-likeness (QED) is 0.0222. The fourth-order valence-electron chi connectivity index (χ4n) is 11.9. The van der Waals surface area contributed by atoms with E-state index in [4.69, 9.17) is 37.0 Å². The molecular weight excluding hydrogens is 1270 g/mol. The highest BCUT2D eigenvalue weighted by atomic mass is 31.2. The second-order valence-electron chi connectivity index (χ2n) is 30.0. The highest BCUT2D eigenvalue weighted by Crippen LogP contribution is 2.45. The van der Waals surface area contributed by atoms with Crippen molar-refractivity contribution >= 4 is 39.5 Å². The summed E-state index contributed by atoms with van der Waals surface area (Å²) in [4.78, 5) is 72.9. The van der Waals surface area contributed by atoms with Crippen molar-refractivity contribution in [2.24, 2.45) is 23.7 Å². The zero-order valence-corrected chi connectivity index (χ0v) is 65.5. The van der Waals surface area contributed by atoms with Crippen LogP contribution in [0.15, 0.2) is 0 Å². The Labute approximate surface area is 594 Å². The van der Waals surface area contributed by atoms with Crippen molar-refractivity contribution in [3.63, 3.8) is 0 Å². The molecule has 3 unspecified atom stereocenters. The van der Waals surface area contributed by atoms with Crippen molar-refractivity contribution in [2.75, 3.05) is 39.6 Å². The van der Waals surface area contributed by atoms with Crippen LogP contribution in [0.2, 0.25) is 0 Å². The lowest BCUT2D eigenvalue weighted by Gasteiger charge is -2.21. The van der Waals surface area contributed by atoms with Gasteiger partial charge in [0, 0.05) is 25.7 Å². The second kappa shape index (κ2) is 67.2. The molecule has 0 aliphatic carbocycles. The van der Waals surface area contributed by atoms with Gasteiger partial charge in [-0.2, -0.15) is 0 Å². The Kier molecular flexibility index (Phi) is 65.9. The van der Waals surface area contributed by atoms with E-state index in [1.54, 1.807) is 0 Å². The Balaban J connectivity index is 5.25. The number of unbranched alkanes of at least 4 members (excludes halogenated alkanes) is 41. The maximum absolute atomic E-state index is 13.1. The SMILES string of the molecule is CC(C)CCCCCCCCCCCCCCCCC(=O)OC[C@H](COP(=O)(O)OCC(O)COP(=O)(O)OC[C@@H](COC(=O)CCCCCCCCCC(C)C)OC(=O)CCCCCCCCCCCCCCC(C)C)OC(=O)CCCCCCCCCCCCCCC(C)C. The third-order valence-corrected chi connectivity index (χ3v) is 20.0. The van der Waals surface area contributed by atoms with Gasteiger partial charge in [0.05, 0.1) is 26.4 Å². The van der Waals surface area contributed by atoms with Gasteiger partial charge in [-0.3, -0.25) is 37.3 Å². The van der Waals surface area contributed by atoms with Gasteiger partial charge in [-0.25, -0.2) is 9.13 Å². The third kappa shape index (κ3) is 72.2. The standard InChI is InChI=1S/C78H152O17P2/c1-68(2)54-46-38-30-23-17-11-9-10-12-20-26-34-42-50-58-75(80)88-64-73(94-77(82)60-52-44-35-27-21-15-13-18-24-31-39-47-55-69(3)4)66-92-96(84,85)90-62-72(79)63-91-97(86,87)93-67-74(65-89-76(81)59-51-43-37-29-33-41-49-57-71(7)8)95-78(83)61-53-45-36-28-22-16-14-19-25-32-40-48-56-70(5)6/h68-74,79H,9-67H2,1-8H3,(H,84,85)(H,86,87)/t72?,73-,74-/m1/s1. The van der Waals surface area contributed by atoms with Gasteiger partial charge >= 0.3 is 39.5 Å². The van der Waals surface area contributed by atoms with Crippen LogP contribution in [0.3, 0.4) is 0 Å². The maximum Gasteiger partial charge on any atom is 0.472 e. The molecule has 0 saturated heterocycles. The first-order chi connectivity index (χ1) is 46.6. The Morgan fingerprint density at radius 2 is 0.433 bits per heavy atom. The molecule has 3 N–H and O–H groups in total. The fourth-order valence-corrected chi connectivity index (χ4v) is 13.5. The average molecular weight is 1420 g/mol. The van der Waals surface area contributed by atoms with Crippen LogP contribution in [0, 0.1) is 23.7 Å². The summed E-state index contributed by atoms with van der Waals surface area (Å²) in [5.74, 6) is 0.940. The summed E-state index contributed by atoms with van der Waals surface area (Å²) in [6, 6.07) is 0. The van der Waals surface area contributed by atoms with Crippen LogP contribution in [0.4, 0.5) is 0 Å². The lowest BCUT2D eigenvalue weighted by molar-refractivity contribution is -0.161. The fraction of sp³-hybridized carbons (Fsp3) is 0.949. The lowest BCUT2D eigenvalue weighted by Crippen LogP contribution is -2.30. The van der Waals surface area contributed by atoms with Gasteiger partial charge in [-0.15, -0.1) is 0 Å². The molecule has 0 amide bonds. The summed E-state index contributed by atoms with van der Waals surface area (Å²) in [5.41, 5.74) is 0. The van der Waals surface area contributed by atoms with Crippen LogP contribution in [-0.2, 0) is 65.4 Å². The number of carbonyl (C=O) groups is 4. The van der Waals surface area contributed by atoms with Gasteiger partial charge in [0.2, 0.25) is 0 Å². The summed E-state index contributed by atoms with van der Waals surface area (Å²) >= 11 is 0. The molecule has 0 radical (unpaired) electrons. The molecule has 19 heteroatoms. The van der Waals surface area contributed by atoms with Gasteiger partial charge in [0.15, 0.2) is 12.2 Å². The highest BCUT2D eigenvalue weighted by molar-refractivity contribution is 7.47. The molecule has 0 aliphatic rings. The number of carbonyl (C=O) groups excluding carboxylic acids is 4. The topological polar surface area (TPSA) is 237 Å². The predicted molar refractivity (Wildman–Crippen MR) is 395 cm³/mol. The molecule has 576 valence electrons. The number of rotatable bonds is 75. The van der Waals surface area contributed by atoms with Gasteiger partial charge in [-0.1, -0.05) is 344 Å². The Morgan fingerprint density at radius 3 is 0.639 bits per heavy atom. The minimum atomic E-state index is -4.96. The van der Waals surface area contributed by atoms with E-state index in [0.717, 1.165) is 114 Å². The van der Waals surface area contributed by atoms with E-state index in [0.29, 0.717) is 31.6 Å². The average Bonchev–Trinajstić information content (AvgIpc) is 1.42. The Hall–Kier alpha value is -1.94. The monoisotopic (exact) mass is 1420 g/mol. The number of hydrogen-bond donors (Lipinski definition) is 3. The molecule has 0 bridgehead atoms. The van der Waals surface area contributed by atoms with E-state index in [1.807, 2.05) is 0 Å². The van der Waals surface area contributed by atoms with Crippen LogP contribution >= 0.6 is 15.6 Å². The van der Waals surface area contributed by atoms with E-state index in [1.165, 1.54) is 193 Å². The lowest BCUT2D eigenvalue weighted by atomic mass is 10.0. The number of phosphoric acid groups is 2. The van der Waals surface area contributed by atoms with Crippen molar-refractivity contribution in [1.29, 1.82) is 0 Å². The first-order valence-corrected chi connectivity index (χ1v) is 43.2. The molecule has 5 atom stereocenters. The Bertz CT molecular complexity index is 1900. The summed E-state index contributed by atoms with van der Waals surface area (Å²) in [5, 5.41) is 10.6. The largest absolute Gasteiger partial charge is 0.472 e. The molecule has 0 heterocycles. The molecule has 0 spiro atoms. The molecule has 97 heavy (non-hydrogen) atoms. The number of hydrogen-bond acceptors (Lipinski definition) is 15. The number of aliphatic hydroxyl groups is 1. The molecule has 0 aromatic carbocycles. The number of ether oxygens (including phenoxy) is 4. The van der Waals surface area contributed by atoms with Crippen molar-refractivity contribution < 1.29 is 80.2 Å². The smallest absolute Gasteiger partial charge is 0.462 e. The molecule has 0 rings (SSSR count). The van der Waals surface area contributed by atoms with Crippen LogP contribution in [-0.4, -0.2) is 96.7 Å². The summed E-state index contributed by atoms with van der Waals surface area (Å²) in [7, 11) is -9.92. The number of esters is 4. The molecule has 17 nitrogen and oxygen atoms in total. The van der Waals surface area contributed by atoms with E-state index >= 15 is 0 Å². The number of phosphoric ester groups is 2. The normalized spacial score (nSPS) is 14.1. The minimum Gasteiger partial charge on any atom is -0.462 e. The van der Waals surface area contributed by atoms with Gasteiger partial charge < -0.3 is 33.8 Å². The summed E-state index contributed by atoms with van der Waals surface area (Å²) in [6.07, 6.45) is 52.7. The van der Waals surface area contributed by atoms with Crippen molar-refractivity contribution in [1.82, 2.24) is 0 Å². The summed E-state index contributed by atoms with van der Waals surface area (Å²) in [6.45, 7) is 14.2. The third-order valence-electron chi connectivity index (χ3n) is 18.1. The Morgan fingerprint density at radius 1 is 0.258 bits per heavy atom. The molecular formula is C78H152O17P2. The molecule has 0 aromatic rings. The van der Waals surface area contributed by atoms with E-state index in [2.05, 4.69) is 55.4 Å². The number of aliphatic hydroxyl groups excluding tert-OH is 1. The van der Waals surface area contributed by atoms with E-state index < -0.39 is 97.5 Å². The highest BCUT2D eigenvalue weighted by Gasteiger charge is 2.30. The molecule has 0 fully saturated rings.